The van der Waals surface area contributed by atoms with Crippen LogP contribution in [0, 0.1) is 45.9 Å². The molecule has 0 saturated heterocycles. The molecule has 2 aromatic carbocycles. The van der Waals surface area contributed by atoms with Gasteiger partial charge in [-0.3, -0.25) is 9.59 Å². The molecule has 8 heteroatoms. The lowest BCUT2D eigenvalue weighted by Gasteiger charge is -2.60. The zero-order valence-corrected chi connectivity index (χ0v) is 17.2. The Bertz CT molecular complexity index is 1020. The second-order valence-electron chi connectivity index (χ2n) is 9.68. The van der Waals surface area contributed by atoms with Gasteiger partial charge in [0.1, 0.15) is 23.3 Å². The van der Waals surface area contributed by atoms with Gasteiger partial charge in [-0.1, -0.05) is 0 Å². The van der Waals surface area contributed by atoms with Crippen molar-refractivity contribution in [3.05, 3.63) is 59.7 Å². The second-order valence-corrected chi connectivity index (χ2v) is 9.68. The van der Waals surface area contributed by atoms with Crippen molar-refractivity contribution in [2.75, 3.05) is 10.6 Å². The number of nitrogens with one attached hydrogen (secondary N) is 2. The number of anilines is 2. The van der Waals surface area contributed by atoms with E-state index in [0.717, 1.165) is 18.6 Å². The number of carbonyl (C=O) groups excluding carboxylic acids is 2. The van der Waals surface area contributed by atoms with E-state index in [1.165, 1.54) is 12.1 Å². The molecule has 0 unspecified atom stereocenters. The van der Waals surface area contributed by atoms with Crippen LogP contribution in [0.2, 0.25) is 0 Å². The summed E-state index contributed by atoms with van der Waals surface area (Å²) in [7, 11) is 0. The number of carbonyl (C=O) groups is 2. The second kappa shape index (κ2) is 7.32. The molecule has 2 aromatic rings. The summed E-state index contributed by atoms with van der Waals surface area (Å²) >= 11 is 0. The molecule has 0 atom stereocenters. The number of hydrogen-bond acceptors (Lipinski definition) is 2. The minimum atomic E-state index is -0.859. The average molecular weight is 446 g/mol. The number of hydrogen-bond donors (Lipinski definition) is 2. The first kappa shape index (κ1) is 21.0. The first-order valence-corrected chi connectivity index (χ1v) is 10.7. The van der Waals surface area contributed by atoms with Gasteiger partial charge in [0.15, 0.2) is 0 Å². The lowest BCUT2D eigenvalue weighted by atomic mass is 9.43. The molecule has 4 saturated carbocycles. The van der Waals surface area contributed by atoms with E-state index in [9.17, 15) is 27.2 Å². The summed E-state index contributed by atoms with van der Waals surface area (Å²) in [6.07, 6.45) is 3.57. The lowest BCUT2D eigenvalue weighted by Crippen LogP contribution is -2.59. The van der Waals surface area contributed by atoms with E-state index in [1.54, 1.807) is 0 Å². The van der Waals surface area contributed by atoms with Crippen molar-refractivity contribution in [3.8, 4) is 0 Å². The molecule has 0 aromatic heterocycles. The quantitative estimate of drug-likeness (QED) is 0.618. The Morgan fingerprint density at radius 1 is 0.719 bits per heavy atom. The summed E-state index contributed by atoms with van der Waals surface area (Å²) < 4.78 is 54.7. The minimum Gasteiger partial charge on any atom is -0.323 e. The van der Waals surface area contributed by atoms with Crippen LogP contribution in [0.25, 0.3) is 0 Å². The highest BCUT2D eigenvalue weighted by atomic mass is 19.1. The SMILES string of the molecule is O=C(Nc1ccc(F)cc1F)C12CC3CC(C1)CC(C(=O)Nc1ccc(F)cc1F)(C3)C2. The monoisotopic (exact) mass is 446 g/mol. The van der Waals surface area contributed by atoms with E-state index in [-0.39, 0.29) is 41.4 Å². The van der Waals surface area contributed by atoms with Crippen LogP contribution >= 0.6 is 0 Å². The van der Waals surface area contributed by atoms with E-state index >= 15 is 0 Å². The van der Waals surface area contributed by atoms with E-state index in [0.29, 0.717) is 37.8 Å². The standard InChI is InChI=1S/C24H22F4N2O2/c25-15-1-3-19(17(27)6-15)29-21(31)23-8-13-5-14(9-23)11-24(10-13,12-23)22(32)30-20-4-2-16(26)7-18(20)28/h1-4,6-7,13-14H,5,8-12H2,(H,29,31)(H,30,32). The van der Waals surface area contributed by atoms with Crippen LogP contribution in [-0.2, 0) is 9.59 Å². The number of amides is 2. The van der Waals surface area contributed by atoms with Crippen molar-refractivity contribution in [3.63, 3.8) is 0 Å². The Hall–Kier alpha value is -2.90. The van der Waals surface area contributed by atoms with Gasteiger partial charge < -0.3 is 10.6 Å². The van der Waals surface area contributed by atoms with Crippen LogP contribution in [0.3, 0.4) is 0 Å². The lowest BCUT2D eigenvalue weighted by molar-refractivity contribution is -0.161. The third-order valence-electron chi connectivity index (χ3n) is 7.38. The van der Waals surface area contributed by atoms with Crippen molar-refractivity contribution in [1.82, 2.24) is 0 Å². The normalized spacial score (nSPS) is 30.2. The molecule has 2 amide bonds. The molecule has 4 nitrogen and oxygen atoms in total. The van der Waals surface area contributed by atoms with Crippen molar-refractivity contribution in [2.45, 2.75) is 38.5 Å². The molecular weight excluding hydrogens is 424 g/mol. The number of benzene rings is 2. The van der Waals surface area contributed by atoms with Crippen LogP contribution in [0.1, 0.15) is 38.5 Å². The molecular formula is C24H22F4N2O2. The molecule has 4 aliphatic carbocycles. The Morgan fingerprint density at radius 2 is 1.12 bits per heavy atom. The first-order valence-electron chi connectivity index (χ1n) is 10.7. The molecule has 0 heterocycles. The van der Waals surface area contributed by atoms with E-state index in [1.807, 2.05) is 0 Å². The number of halogens is 4. The highest BCUT2D eigenvalue weighted by molar-refractivity contribution is 5.99. The molecule has 32 heavy (non-hydrogen) atoms. The van der Waals surface area contributed by atoms with E-state index < -0.39 is 34.1 Å². The molecule has 4 fully saturated rings. The molecule has 0 radical (unpaired) electrons. The molecule has 0 spiro atoms. The van der Waals surface area contributed by atoms with Gasteiger partial charge in [0.05, 0.1) is 22.2 Å². The Balaban J connectivity index is 1.41. The topological polar surface area (TPSA) is 58.2 Å². The third kappa shape index (κ3) is 3.45. The van der Waals surface area contributed by atoms with Crippen LogP contribution < -0.4 is 10.6 Å². The van der Waals surface area contributed by atoms with E-state index in [4.69, 9.17) is 0 Å². The molecule has 6 rings (SSSR count). The van der Waals surface area contributed by atoms with Gasteiger partial charge >= 0.3 is 0 Å². The van der Waals surface area contributed by atoms with Crippen LogP contribution in [0.5, 0.6) is 0 Å². The van der Waals surface area contributed by atoms with Gasteiger partial charge in [-0.25, -0.2) is 17.6 Å². The summed E-state index contributed by atoms with van der Waals surface area (Å²) in [4.78, 5) is 26.6. The van der Waals surface area contributed by atoms with Crippen molar-refractivity contribution >= 4 is 23.2 Å². The Labute approximate surface area is 182 Å². The Kier molecular flexibility index (Phi) is 4.80. The van der Waals surface area contributed by atoms with Gasteiger partial charge in [-0.15, -0.1) is 0 Å². The van der Waals surface area contributed by atoms with Gasteiger partial charge in [0, 0.05) is 12.1 Å². The van der Waals surface area contributed by atoms with Crippen molar-refractivity contribution < 1.29 is 27.2 Å². The fraction of sp³-hybridized carbons (Fsp3) is 0.417. The predicted octanol–water partition coefficient (Wildman–Crippen LogP) is 5.41. The average Bonchev–Trinajstić information content (AvgIpc) is 2.71. The zero-order chi connectivity index (χ0) is 22.7. The molecule has 2 N–H and O–H groups in total. The summed E-state index contributed by atoms with van der Waals surface area (Å²) in [5.41, 5.74) is -1.88. The summed E-state index contributed by atoms with van der Waals surface area (Å²) in [5, 5.41) is 5.20. The van der Waals surface area contributed by atoms with Gasteiger partial charge in [-0.2, -0.15) is 0 Å². The van der Waals surface area contributed by atoms with Crippen LogP contribution in [-0.4, -0.2) is 11.8 Å². The molecule has 0 aliphatic heterocycles. The first-order chi connectivity index (χ1) is 15.2. The van der Waals surface area contributed by atoms with Crippen LogP contribution in [0.15, 0.2) is 36.4 Å². The van der Waals surface area contributed by atoms with E-state index in [2.05, 4.69) is 10.6 Å². The van der Waals surface area contributed by atoms with Crippen molar-refractivity contribution in [1.29, 1.82) is 0 Å². The predicted molar refractivity (Wildman–Crippen MR) is 110 cm³/mol. The minimum absolute atomic E-state index is 0.0981. The maximum Gasteiger partial charge on any atom is 0.230 e. The third-order valence-corrected chi connectivity index (χ3v) is 7.38. The van der Waals surface area contributed by atoms with Gasteiger partial charge in [-0.05, 0) is 74.6 Å². The number of rotatable bonds is 4. The Morgan fingerprint density at radius 3 is 1.50 bits per heavy atom. The summed E-state index contributed by atoms with van der Waals surface area (Å²) in [5.74, 6) is -3.63. The highest BCUT2D eigenvalue weighted by Crippen LogP contribution is 2.65. The van der Waals surface area contributed by atoms with Gasteiger partial charge in [0.2, 0.25) is 11.8 Å². The fourth-order valence-electron chi connectivity index (χ4n) is 6.49. The molecule has 4 bridgehead atoms. The smallest absolute Gasteiger partial charge is 0.230 e. The maximum atomic E-state index is 14.1. The summed E-state index contributed by atoms with van der Waals surface area (Å²) in [6, 6.07) is 5.93. The largest absolute Gasteiger partial charge is 0.323 e. The summed E-state index contributed by atoms with van der Waals surface area (Å²) in [6.45, 7) is 0. The highest BCUT2D eigenvalue weighted by Gasteiger charge is 2.63. The van der Waals surface area contributed by atoms with Crippen LogP contribution in [0.4, 0.5) is 28.9 Å². The maximum absolute atomic E-state index is 14.1. The molecule has 4 aliphatic rings. The van der Waals surface area contributed by atoms with Gasteiger partial charge in [0.25, 0.3) is 0 Å². The molecule has 168 valence electrons. The zero-order valence-electron chi connectivity index (χ0n) is 17.2. The van der Waals surface area contributed by atoms with Crippen molar-refractivity contribution in [2.24, 2.45) is 22.7 Å². The fourth-order valence-corrected chi connectivity index (χ4v) is 6.49.